The Kier molecular flexibility index (Phi) is 5.87. The van der Waals surface area contributed by atoms with Crippen LogP contribution in [-0.4, -0.2) is 6.61 Å². The Morgan fingerprint density at radius 2 is 1.72 bits per heavy atom. The van der Waals surface area contributed by atoms with Gasteiger partial charge in [-0.3, -0.25) is 0 Å². The fourth-order valence-electron chi connectivity index (χ4n) is 1.73. The minimum absolute atomic E-state index is 0.403. The molecule has 1 aliphatic rings. The average Bonchev–Trinajstić information content (AvgIpc) is 3.11. The Balaban J connectivity index is 0.000000187. The van der Waals surface area contributed by atoms with Gasteiger partial charge in [-0.25, -0.2) is 0 Å². The van der Waals surface area contributed by atoms with E-state index in [1.54, 1.807) is 0 Å². The molecule has 1 aromatic rings. The van der Waals surface area contributed by atoms with Gasteiger partial charge in [0.1, 0.15) is 6.10 Å². The summed E-state index contributed by atoms with van der Waals surface area (Å²) in [5.74, 6) is 0. The molecule has 1 aromatic carbocycles. The quantitative estimate of drug-likeness (QED) is 0.662. The van der Waals surface area contributed by atoms with Gasteiger partial charge in [0.2, 0.25) is 0 Å². The number of aryl methyl sites for hydroxylation is 1. The topological polar surface area (TPSA) is 12.5 Å². The van der Waals surface area contributed by atoms with Crippen LogP contribution in [0.5, 0.6) is 0 Å². The number of benzene rings is 1. The molecule has 18 heavy (non-hydrogen) atoms. The molecular weight excluding hydrogens is 220 g/mol. The zero-order valence-corrected chi connectivity index (χ0v) is 12.6. The molecule has 1 saturated heterocycles. The van der Waals surface area contributed by atoms with Crippen LogP contribution in [0.1, 0.15) is 64.2 Å². The molecule has 0 saturated carbocycles. The lowest BCUT2D eigenvalue weighted by Crippen LogP contribution is -2.03. The zero-order valence-electron chi connectivity index (χ0n) is 12.6. The van der Waals surface area contributed by atoms with Crippen molar-refractivity contribution in [3.05, 3.63) is 35.4 Å². The van der Waals surface area contributed by atoms with Gasteiger partial charge >= 0.3 is 0 Å². The molecule has 1 nitrogen and oxygen atoms in total. The summed E-state index contributed by atoms with van der Waals surface area (Å²) in [7, 11) is 0. The fourth-order valence-corrected chi connectivity index (χ4v) is 1.73. The summed E-state index contributed by atoms with van der Waals surface area (Å²) in [4.78, 5) is 0. The van der Waals surface area contributed by atoms with E-state index in [0.717, 1.165) is 6.61 Å². The molecular formula is C17H28O. The van der Waals surface area contributed by atoms with E-state index in [4.69, 9.17) is 4.74 Å². The molecule has 1 aliphatic heterocycles. The maximum atomic E-state index is 5.13. The van der Waals surface area contributed by atoms with Crippen molar-refractivity contribution in [2.24, 2.45) is 5.41 Å². The summed E-state index contributed by atoms with van der Waals surface area (Å²) in [5, 5.41) is 0. The number of ether oxygens (including phenoxy) is 1. The molecule has 0 bridgehead atoms. The molecule has 1 heterocycles. The lowest BCUT2D eigenvalue weighted by Gasteiger charge is -2.16. The first kappa shape index (κ1) is 15.2. The van der Waals surface area contributed by atoms with Gasteiger partial charge in [0.05, 0.1) is 6.61 Å². The average molecular weight is 248 g/mol. The molecule has 0 N–H and O–H groups in total. The van der Waals surface area contributed by atoms with E-state index in [9.17, 15) is 0 Å². The molecule has 0 aromatic heterocycles. The van der Waals surface area contributed by atoms with Gasteiger partial charge in [-0.15, -0.1) is 0 Å². The summed E-state index contributed by atoms with van der Waals surface area (Å²) in [5.41, 5.74) is 3.17. The van der Waals surface area contributed by atoms with Crippen molar-refractivity contribution >= 4 is 0 Å². The summed E-state index contributed by atoms with van der Waals surface area (Å²) >= 11 is 0. The second-order valence-electron chi connectivity index (χ2n) is 6.40. The zero-order chi connectivity index (χ0) is 13.6. The van der Waals surface area contributed by atoms with E-state index in [2.05, 4.69) is 58.9 Å². The second-order valence-corrected chi connectivity index (χ2v) is 6.40. The molecule has 1 heteroatoms. The van der Waals surface area contributed by atoms with Gasteiger partial charge in [0, 0.05) is 0 Å². The standard InChI is InChI=1S/C9H10O.C8H18/c1-7-2-4-8(5-3-7)9-6-10-9;1-5-6-7-8(2,3)4/h2-5,9H,6H2,1H3;5-7H2,1-4H3. The van der Waals surface area contributed by atoms with Crippen LogP contribution in [0.15, 0.2) is 24.3 Å². The van der Waals surface area contributed by atoms with Crippen molar-refractivity contribution in [2.45, 2.75) is 60.0 Å². The monoisotopic (exact) mass is 248 g/mol. The van der Waals surface area contributed by atoms with E-state index in [-0.39, 0.29) is 0 Å². The highest BCUT2D eigenvalue weighted by molar-refractivity contribution is 5.24. The van der Waals surface area contributed by atoms with E-state index in [1.165, 1.54) is 30.4 Å². The Morgan fingerprint density at radius 3 is 2.06 bits per heavy atom. The maximum Gasteiger partial charge on any atom is 0.106 e. The molecule has 0 amide bonds. The van der Waals surface area contributed by atoms with E-state index >= 15 is 0 Å². The third-order valence-corrected chi connectivity index (χ3v) is 3.06. The first-order valence-corrected chi connectivity index (χ1v) is 7.10. The molecule has 0 spiro atoms. The van der Waals surface area contributed by atoms with Gasteiger partial charge in [-0.05, 0) is 24.3 Å². The van der Waals surface area contributed by atoms with Crippen molar-refractivity contribution in [3.8, 4) is 0 Å². The Morgan fingerprint density at radius 1 is 1.17 bits per heavy atom. The summed E-state index contributed by atoms with van der Waals surface area (Å²) in [6, 6.07) is 8.51. The van der Waals surface area contributed by atoms with Crippen molar-refractivity contribution in [1.29, 1.82) is 0 Å². The largest absolute Gasteiger partial charge is 0.368 e. The molecule has 1 fully saturated rings. The van der Waals surface area contributed by atoms with Gasteiger partial charge in [0.25, 0.3) is 0 Å². The first-order chi connectivity index (χ1) is 8.42. The second kappa shape index (κ2) is 6.94. The summed E-state index contributed by atoms with van der Waals surface area (Å²) < 4.78 is 5.13. The number of hydrogen-bond donors (Lipinski definition) is 0. The molecule has 2 rings (SSSR count). The summed E-state index contributed by atoms with van der Waals surface area (Å²) in [6.07, 6.45) is 4.48. The van der Waals surface area contributed by atoms with E-state index in [1.807, 2.05) is 0 Å². The van der Waals surface area contributed by atoms with Crippen LogP contribution < -0.4 is 0 Å². The highest BCUT2D eigenvalue weighted by Gasteiger charge is 2.23. The van der Waals surface area contributed by atoms with E-state index < -0.39 is 0 Å². The summed E-state index contributed by atoms with van der Waals surface area (Å²) in [6.45, 7) is 12.1. The maximum absolute atomic E-state index is 5.13. The number of hydrogen-bond acceptors (Lipinski definition) is 1. The molecule has 0 radical (unpaired) electrons. The lowest BCUT2D eigenvalue weighted by atomic mass is 9.90. The highest BCUT2D eigenvalue weighted by Crippen LogP contribution is 2.29. The smallest absolute Gasteiger partial charge is 0.106 e. The van der Waals surface area contributed by atoms with Gasteiger partial charge in [0.15, 0.2) is 0 Å². The third kappa shape index (κ3) is 6.80. The van der Waals surface area contributed by atoms with Gasteiger partial charge in [-0.1, -0.05) is 70.4 Å². The Hall–Kier alpha value is -0.820. The molecule has 102 valence electrons. The highest BCUT2D eigenvalue weighted by atomic mass is 16.6. The Bertz CT molecular complexity index is 328. The number of epoxide rings is 1. The van der Waals surface area contributed by atoms with Crippen molar-refractivity contribution in [1.82, 2.24) is 0 Å². The van der Waals surface area contributed by atoms with Crippen LogP contribution in [-0.2, 0) is 4.74 Å². The van der Waals surface area contributed by atoms with Crippen molar-refractivity contribution in [2.75, 3.05) is 6.61 Å². The predicted octanol–water partition coefficient (Wildman–Crippen LogP) is 5.29. The number of unbranched alkanes of at least 4 members (excludes halogenated alkanes) is 1. The molecule has 1 atom stereocenters. The minimum Gasteiger partial charge on any atom is -0.368 e. The van der Waals surface area contributed by atoms with Crippen molar-refractivity contribution in [3.63, 3.8) is 0 Å². The molecule has 0 aliphatic carbocycles. The van der Waals surface area contributed by atoms with Crippen LogP contribution in [0, 0.1) is 12.3 Å². The van der Waals surface area contributed by atoms with Gasteiger partial charge < -0.3 is 4.74 Å². The van der Waals surface area contributed by atoms with Crippen LogP contribution in [0.25, 0.3) is 0 Å². The van der Waals surface area contributed by atoms with E-state index in [0.29, 0.717) is 11.5 Å². The molecule has 1 unspecified atom stereocenters. The van der Waals surface area contributed by atoms with Crippen LogP contribution in [0.2, 0.25) is 0 Å². The van der Waals surface area contributed by atoms with Crippen LogP contribution in [0.3, 0.4) is 0 Å². The number of rotatable bonds is 3. The van der Waals surface area contributed by atoms with Crippen LogP contribution in [0.4, 0.5) is 0 Å². The lowest BCUT2D eigenvalue weighted by molar-refractivity contribution is 0.363. The third-order valence-electron chi connectivity index (χ3n) is 3.06. The predicted molar refractivity (Wildman–Crippen MR) is 78.9 cm³/mol. The SMILES string of the molecule is CCCCC(C)(C)C.Cc1ccc(C2CO2)cc1. The van der Waals surface area contributed by atoms with Crippen molar-refractivity contribution < 1.29 is 4.74 Å². The fraction of sp³-hybridized carbons (Fsp3) is 0.647. The Labute approximate surface area is 113 Å². The minimum atomic E-state index is 0.403. The first-order valence-electron chi connectivity index (χ1n) is 7.10. The normalized spacial score (nSPS) is 17.9. The van der Waals surface area contributed by atoms with Crippen LogP contribution >= 0.6 is 0 Å². The van der Waals surface area contributed by atoms with Gasteiger partial charge in [-0.2, -0.15) is 0 Å².